The van der Waals surface area contributed by atoms with Gasteiger partial charge in [-0.25, -0.2) is 29.5 Å². The van der Waals surface area contributed by atoms with Gasteiger partial charge in [-0.3, -0.25) is 25.0 Å². The lowest BCUT2D eigenvalue weighted by Crippen LogP contribution is -2.16. The van der Waals surface area contributed by atoms with Crippen LogP contribution in [0.5, 0.6) is 0 Å². The smallest absolute Gasteiger partial charge is 0.398 e. The van der Waals surface area contributed by atoms with E-state index in [9.17, 15) is 38.2 Å². The van der Waals surface area contributed by atoms with Crippen molar-refractivity contribution in [3.63, 3.8) is 0 Å². The predicted molar refractivity (Wildman–Crippen MR) is 287 cm³/mol. The number of H-pyrrole nitrogens is 2. The second-order valence-corrected chi connectivity index (χ2v) is 16.7. The van der Waals surface area contributed by atoms with Crippen LogP contribution in [-0.2, 0) is 6.18 Å². The lowest BCUT2D eigenvalue weighted by atomic mass is 10.1. The van der Waals surface area contributed by atoms with E-state index in [1.165, 1.54) is 43.6 Å². The molecule has 0 spiro atoms. The number of hydrogen-bond acceptors (Lipinski definition) is 14. The number of anilines is 4. The molecule has 4 aromatic heterocycles. The summed E-state index contributed by atoms with van der Waals surface area (Å²) >= 11 is 12.5. The van der Waals surface area contributed by atoms with Crippen LogP contribution in [0.4, 0.5) is 64.4 Å². The second-order valence-electron chi connectivity index (χ2n) is 15.9. The number of alkyl halides is 3. The molecule has 27 heteroatoms. The summed E-state index contributed by atoms with van der Waals surface area (Å²) in [5, 5.41) is 28.4. The lowest BCUT2D eigenvalue weighted by Gasteiger charge is -2.11. The molecule has 0 aliphatic heterocycles. The van der Waals surface area contributed by atoms with E-state index in [4.69, 9.17) is 64.6 Å². The molecule has 6 aromatic carbocycles. The van der Waals surface area contributed by atoms with E-state index in [-0.39, 0.29) is 34.0 Å². The summed E-state index contributed by atoms with van der Waals surface area (Å²) in [5.41, 5.74) is 21.9. The number of aromatic nitrogens is 7. The molecule has 10 aromatic rings. The van der Waals surface area contributed by atoms with Crippen LogP contribution in [0, 0.1) is 46.9 Å². The Bertz CT molecular complexity index is 4070. The van der Waals surface area contributed by atoms with Crippen molar-refractivity contribution in [3.05, 3.63) is 209 Å². The first-order chi connectivity index (χ1) is 37.1. The fourth-order valence-electron chi connectivity index (χ4n) is 6.91. The minimum atomic E-state index is -4.59. The highest BCUT2D eigenvalue weighted by atomic mass is 35.5. The van der Waals surface area contributed by atoms with Gasteiger partial charge in [0.25, 0.3) is 17.3 Å². The van der Waals surface area contributed by atoms with Crippen LogP contribution in [0.1, 0.15) is 21.7 Å². The number of nitro groups is 2. The number of nitrogens with zero attached hydrogens (tertiary/aromatic N) is 10. The molecule has 0 saturated heterocycles. The van der Waals surface area contributed by atoms with Gasteiger partial charge in [-0.2, -0.15) is 18.2 Å². The van der Waals surface area contributed by atoms with Gasteiger partial charge in [0.1, 0.15) is 23.0 Å². The molecule has 22 nitrogen and oxygen atoms in total. The number of nitrogens with two attached hydrogens (primary N) is 3. The maximum absolute atomic E-state index is 12.9. The van der Waals surface area contributed by atoms with Gasteiger partial charge in [-0.05, 0) is 91.9 Å². The lowest BCUT2D eigenvalue weighted by molar-refractivity contribution is -0.384. The van der Waals surface area contributed by atoms with E-state index >= 15 is 0 Å². The largest absolute Gasteiger partial charge is 0.433 e. The molecule has 388 valence electrons. The Labute approximate surface area is 447 Å². The van der Waals surface area contributed by atoms with Crippen LogP contribution >= 0.6 is 23.2 Å². The van der Waals surface area contributed by atoms with Crippen LogP contribution in [0.2, 0.25) is 10.0 Å². The zero-order valence-corrected chi connectivity index (χ0v) is 41.2. The van der Waals surface area contributed by atoms with Gasteiger partial charge in [0.15, 0.2) is 17.1 Å². The van der Waals surface area contributed by atoms with E-state index in [0.29, 0.717) is 89.1 Å². The van der Waals surface area contributed by atoms with Gasteiger partial charge in [-0.1, -0.05) is 46.6 Å². The van der Waals surface area contributed by atoms with Crippen LogP contribution in [-0.4, -0.2) is 50.8 Å². The summed E-state index contributed by atoms with van der Waals surface area (Å²) < 4.78 is 43.4. The first kappa shape index (κ1) is 54.8. The van der Waals surface area contributed by atoms with E-state index in [2.05, 4.69) is 54.9 Å². The summed E-state index contributed by atoms with van der Waals surface area (Å²) in [5.74, 6) is 0.713. The fraction of sp³-hybridized carbons (Fsp3) is 0.0392. The zero-order chi connectivity index (χ0) is 56.4. The Balaban J connectivity index is 0.000000172. The second kappa shape index (κ2) is 23.5. The third-order valence-electron chi connectivity index (χ3n) is 10.8. The maximum Gasteiger partial charge on any atom is 0.433 e. The molecule has 10 rings (SSSR count). The van der Waals surface area contributed by atoms with Crippen molar-refractivity contribution in [3.8, 4) is 34.2 Å². The Hall–Kier alpha value is -10.9. The number of nitro benzene ring substituents is 2. The average molecular weight is 1090 g/mol. The van der Waals surface area contributed by atoms with Crippen molar-refractivity contribution in [1.82, 2.24) is 35.1 Å². The Morgan fingerprint density at radius 1 is 0.679 bits per heavy atom. The monoisotopic (exact) mass is 1090 g/mol. The zero-order valence-electron chi connectivity index (χ0n) is 39.7. The molecule has 0 atom stereocenters. The van der Waals surface area contributed by atoms with E-state index < -0.39 is 27.6 Å². The van der Waals surface area contributed by atoms with Crippen molar-refractivity contribution in [2.45, 2.75) is 13.1 Å². The van der Waals surface area contributed by atoms with E-state index in [1.54, 1.807) is 66.7 Å². The number of amides is 1. The van der Waals surface area contributed by atoms with Gasteiger partial charge in [-0.15, -0.1) is 0 Å². The summed E-state index contributed by atoms with van der Waals surface area (Å²) in [6.45, 7) is 21.6. The van der Waals surface area contributed by atoms with Gasteiger partial charge in [0.05, 0.1) is 78.6 Å². The summed E-state index contributed by atoms with van der Waals surface area (Å²) in [6, 6.07) is 30.0. The number of hydrogen-bond donors (Lipinski definition) is 6. The van der Waals surface area contributed by atoms with Crippen molar-refractivity contribution in [2.24, 2.45) is 0 Å². The number of rotatable bonds is 7. The van der Waals surface area contributed by atoms with Gasteiger partial charge < -0.3 is 37.0 Å². The topological polar surface area (TPSA) is 316 Å². The minimum absolute atomic E-state index is 0.0206. The molecular weight excluding hydrogens is 1060 g/mol. The Morgan fingerprint density at radius 3 is 1.83 bits per heavy atom. The third-order valence-corrected chi connectivity index (χ3v) is 11.4. The van der Waals surface area contributed by atoms with Gasteiger partial charge >= 0.3 is 6.18 Å². The number of nitrogens with one attached hydrogen (secondary N) is 3. The Kier molecular flexibility index (Phi) is 16.5. The van der Waals surface area contributed by atoms with Crippen molar-refractivity contribution < 1.29 is 32.3 Å². The molecular formula is C51H33Cl2F3N16O6. The highest BCUT2D eigenvalue weighted by Gasteiger charge is 2.33. The highest BCUT2D eigenvalue weighted by Crippen LogP contribution is 2.35. The first-order valence-corrected chi connectivity index (χ1v) is 22.6. The molecule has 0 radical (unpaired) electrons. The molecule has 0 saturated carbocycles. The van der Waals surface area contributed by atoms with Crippen LogP contribution in [0.15, 0.2) is 132 Å². The van der Waals surface area contributed by atoms with E-state index in [0.717, 1.165) is 23.8 Å². The number of benzene rings is 6. The van der Waals surface area contributed by atoms with Crippen molar-refractivity contribution >= 4 is 102 Å². The number of fused-ring (bicyclic) bond motifs is 2. The molecule has 0 aliphatic carbocycles. The number of imidazole rings is 2. The molecule has 9 N–H and O–H groups in total. The number of aryl methyl sites for hydroxylation is 1. The average Bonchev–Trinajstić information content (AvgIpc) is 4.24. The normalized spacial score (nSPS) is 10.6. The number of nitrogen functional groups attached to an aromatic ring is 3. The van der Waals surface area contributed by atoms with Gasteiger partial charge in [0, 0.05) is 46.3 Å². The van der Waals surface area contributed by atoms with Gasteiger partial charge in [0.2, 0.25) is 12.2 Å². The number of carbonyl (C=O) groups excluding carboxylic acids is 1. The third kappa shape index (κ3) is 13.0. The molecule has 4 heterocycles. The van der Waals surface area contributed by atoms with Crippen LogP contribution < -0.4 is 22.5 Å². The quantitative estimate of drug-likeness (QED) is 0.0374. The number of halogens is 5. The summed E-state index contributed by atoms with van der Waals surface area (Å²) in [6.07, 6.45) is -3.36. The number of aromatic amines is 2. The van der Waals surface area contributed by atoms with Crippen molar-refractivity contribution in [2.75, 3.05) is 22.5 Å². The van der Waals surface area contributed by atoms with Crippen molar-refractivity contribution in [1.29, 1.82) is 0 Å². The molecule has 0 fully saturated rings. The summed E-state index contributed by atoms with van der Waals surface area (Å²) in [7, 11) is 0. The molecule has 0 aliphatic rings. The van der Waals surface area contributed by atoms with Crippen LogP contribution in [0.3, 0.4) is 0 Å². The number of pyridine rings is 1. The Morgan fingerprint density at radius 2 is 1.26 bits per heavy atom. The standard InChI is InChI=1S/C23H14ClF3N6O2.C14H7ClN4O2.C7H5N3O2.C7H7N3/c1-11-14(4-7-19(29-11)23(25,26)27)22(34)30-13-3-5-16(24)15(9-13)21-31-17-6-2-12(8-18(17)32-21)20-28-10-35-33-20;1-16-8-2-5-12-13(6-8)18-14(17-12)10-7-9(19(20)21)3-4-11(10)15;1-9-5-2-3-6(8)7(4-5)10(11)12;1-10-5-2-3-6(8)7(9)4-5/h2-10H,1H3,(H,30,34)(H,31,32);2-7H,(H,17,18);2-4H,8H2;2-4H,8-9H2. The summed E-state index contributed by atoms with van der Waals surface area (Å²) in [4.78, 5) is 65.0. The maximum atomic E-state index is 12.9. The molecule has 0 unspecified atom stereocenters. The SMILES string of the molecule is Cc1nc(C(F)(F)F)ccc1C(=O)Nc1ccc(Cl)c(-c2nc3ccc(-c4ncon4)cc3[nH]2)c1.[C-]#[N+]c1ccc(N)c(N)c1.[C-]#[N+]c1ccc(N)c([N+](=O)[O-])c1.[C-]#[N+]c1ccc2nc(-c3cc([N+](=O)[O-])ccc3Cl)[nH]c2c1. The number of non-ortho nitro benzene ring substituents is 1. The van der Waals surface area contributed by atoms with E-state index in [1.807, 2.05) is 6.07 Å². The number of carbonyl (C=O) groups is 1. The molecule has 78 heavy (non-hydrogen) atoms. The fourth-order valence-corrected chi connectivity index (χ4v) is 7.32. The highest BCUT2D eigenvalue weighted by molar-refractivity contribution is 6.33. The molecule has 0 bridgehead atoms. The van der Waals surface area contributed by atoms with Crippen LogP contribution in [0.25, 0.3) is 70.8 Å². The molecule has 1 amide bonds. The minimum Gasteiger partial charge on any atom is -0.398 e. The predicted octanol–water partition coefficient (Wildman–Crippen LogP) is 13.4. The first-order valence-electron chi connectivity index (χ1n) is 21.8.